The molecule has 2 saturated heterocycles. The lowest BCUT2D eigenvalue weighted by atomic mass is 10.3. The summed E-state index contributed by atoms with van der Waals surface area (Å²) in [5.41, 5.74) is 0. The summed E-state index contributed by atoms with van der Waals surface area (Å²) in [5.74, 6) is 0. The molecule has 1 N–H and O–H groups in total. The summed E-state index contributed by atoms with van der Waals surface area (Å²) < 4.78 is 5.00. The Balaban J connectivity index is 1.61. The number of hydrogen-bond donors (Lipinski definition) is 1. The number of nitrogens with zero attached hydrogens (tertiary/aromatic N) is 2. The average molecular weight is 227 g/mol. The van der Waals surface area contributed by atoms with E-state index in [0.717, 1.165) is 58.7 Å². The number of amides is 1. The smallest absolute Gasteiger partial charge is 0.409 e. The van der Waals surface area contributed by atoms with Crippen molar-refractivity contribution in [2.45, 2.75) is 12.8 Å². The van der Waals surface area contributed by atoms with E-state index in [9.17, 15) is 4.79 Å². The normalized spacial score (nSPS) is 23.2. The molecule has 0 aromatic carbocycles. The molecule has 2 aliphatic rings. The van der Waals surface area contributed by atoms with Crippen molar-refractivity contribution >= 4 is 6.09 Å². The summed E-state index contributed by atoms with van der Waals surface area (Å²) in [5, 5.41) is 3.34. The largest absolute Gasteiger partial charge is 0.449 e. The van der Waals surface area contributed by atoms with Crippen LogP contribution < -0.4 is 5.32 Å². The van der Waals surface area contributed by atoms with E-state index >= 15 is 0 Å². The van der Waals surface area contributed by atoms with Gasteiger partial charge in [-0.05, 0) is 19.4 Å². The molecular weight excluding hydrogens is 206 g/mol. The Labute approximate surface area is 96.7 Å². The van der Waals surface area contributed by atoms with Gasteiger partial charge in [0.25, 0.3) is 0 Å². The van der Waals surface area contributed by atoms with Gasteiger partial charge in [0.1, 0.15) is 0 Å². The monoisotopic (exact) mass is 227 g/mol. The molecule has 0 aromatic heterocycles. The molecule has 5 nitrogen and oxygen atoms in total. The van der Waals surface area contributed by atoms with Crippen LogP contribution >= 0.6 is 0 Å². The summed E-state index contributed by atoms with van der Waals surface area (Å²) in [4.78, 5) is 15.6. The Morgan fingerprint density at radius 2 is 2.00 bits per heavy atom. The molecule has 0 spiro atoms. The first-order valence-electron chi connectivity index (χ1n) is 6.21. The minimum absolute atomic E-state index is 0.133. The van der Waals surface area contributed by atoms with Crippen LogP contribution in [0, 0.1) is 0 Å². The van der Waals surface area contributed by atoms with E-state index in [0.29, 0.717) is 6.61 Å². The van der Waals surface area contributed by atoms with E-state index in [1.54, 1.807) is 0 Å². The van der Waals surface area contributed by atoms with Crippen LogP contribution in [0.5, 0.6) is 0 Å². The second-order valence-corrected chi connectivity index (χ2v) is 4.40. The Morgan fingerprint density at radius 3 is 2.75 bits per heavy atom. The van der Waals surface area contributed by atoms with Crippen molar-refractivity contribution in [3.05, 3.63) is 0 Å². The predicted octanol–water partition coefficient (Wildman–Crippen LogP) is 0.124. The number of rotatable bonds is 4. The van der Waals surface area contributed by atoms with Crippen molar-refractivity contribution in [3.63, 3.8) is 0 Å². The first-order chi connectivity index (χ1) is 7.86. The lowest BCUT2D eigenvalue weighted by Gasteiger charge is -2.29. The standard InChI is InChI=1S/C11H21N3O2/c15-11-14(7-2-10-16-11)6-1-5-13-8-3-12-4-9-13/h12H,1-10H2. The number of carbonyl (C=O) groups is 1. The zero-order valence-corrected chi connectivity index (χ0v) is 9.78. The second kappa shape index (κ2) is 6.06. The van der Waals surface area contributed by atoms with Gasteiger partial charge in [-0.15, -0.1) is 0 Å². The highest BCUT2D eigenvalue weighted by atomic mass is 16.6. The zero-order valence-electron chi connectivity index (χ0n) is 9.78. The van der Waals surface area contributed by atoms with E-state index in [4.69, 9.17) is 4.74 Å². The van der Waals surface area contributed by atoms with Gasteiger partial charge < -0.3 is 19.9 Å². The maximum absolute atomic E-state index is 11.4. The molecule has 0 aromatic rings. The first kappa shape index (κ1) is 11.7. The zero-order chi connectivity index (χ0) is 11.2. The Morgan fingerprint density at radius 1 is 1.19 bits per heavy atom. The van der Waals surface area contributed by atoms with E-state index in [1.807, 2.05) is 4.90 Å². The minimum atomic E-state index is -0.133. The van der Waals surface area contributed by atoms with Gasteiger partial charge in [0.2, 0.25) is 0 Å². The topological polar surface area (TPSA) is 44.8 Å². The average Bonchev–Trinajstić information content (AvgIpc) is 2.33. The lowest BCUT2D eigenvalue weighted by molar-refractivity contribution is 0.0709. The molecule has 0 bridgehead atoms. The van der Waals surface area contributed by atoms with Crippen molar-refractivity contribution in [3.8, 4) is 0 Å². The quantitative estimate of drug-likeness (QED) is 0.741. The van der Waals surface area contributed by atoms with Crippen LogP contribution in [0.3, 0.4) is 0 Å². The summed E-state index contributed by atoms with van der Waals surface area (Å²) in [6, 6.07) is 0. The third-order valence-electron chi connectivity index (χ3n) is 3.17. The first-order valence-corrected chi connectivity index (χ1v) is 6.21. The molecule has 92 valence electrons. The van der Waals surface area contributed by atoms with E-state index in [-0.39, 0.29) is 6.09 Å². The number of hydrogen-bond acceptors (Lipinski definition) is 4. The number of ether oxygens (including phenoxy) is 1. The predicted molar refractivity (Wildman–Crippen MR) is 61.5 cm³/mol. The molecule has 2 aliphatic heterocycles. The van der Waals surface area contributed by atoms with Crippen LogP contribution in [0.4, 0.5) is 4.79 Å². The van der Waals surface area contributed by atoms with Crippen LogP contribution in [0.25, 0.3) is 0 Å². The summed E-state index contributed by atoms with van der Waals surface area (Å²) in [6.07, 6.45) is 1.89. The highest BCUT2D eigenvalue weighted by Gasteiger charge is 2.19. The van der Waals surface area contributed by atoms with Crippen LogP contribution in [0.15, 0.2) is 0 Å². The van der Waals surface area contributed by atoms with Gasteiger partial charge in [-0.2, -0.15) is 0 Å². The van der Waals surface area contributed by atoms with Crippen molar-refractivity contribution in [1.82, 2.24) is 15.1 Å². The summed E-state index contributed by atoms with van der Waals surface area (Å²) in [6.45, 7) is 7.81. The molecule has 0 atom stereocenters. The number of cyclic esters (lactones) is 1. The lowest BCUT2D eigenvalue weighted by Crippen LogP contribution is -2.45. The third-order valence-corrected chi connectivity index (χ3v) is 3.17. The molecule has 16 heavy (non-hydrogen) atoms. The van der Waals surface area contributed by atoms with Gasteiger partial charge in [-0.1, -0.05) is 0 Å². The Kier molecular flexibility index (Phi) is 4.42. The van der Waals surface area contributed by atoms with Crippen molar-refractivity contribution in [2.75, 3.05) is 52.4 Å². The molecule has 2 heterocycles. The van der Waals surface area contributed by atoms with Crippen molar-refractivity contribution in [2.24, 2.45) is 0 Å². The van der Waals surface area contributed by atoms with Gasteiger partial charge in [-0.25, -0.2) is 4.79 Å². The highest BCUT2D eigenvalue weighted by Crippen LogP contribution is 2.05. The molecule has 0 radical (unpaired) electrons. The molecule has 1 amide bonds. The van der Waals surface area contributed by atoms with Gasteiger partial charge in [0.05, 0.1) is 6.61 Å². The fraction of sp³-hybridized carbons (Fsp3) is 0.909. The molecule has 2 rings (SSSR count). The third kappa shape index (κ3) is 3.35. The molecule has 0 unspecified atom stereocenters. The van der Waals surface area contributed by atoms with Crippen molar-refractivity contribution < 1.29 is 9.53 Å². The van der Waals surface area contributed by atoms with Gasteiger partial charge in [0.15, 0.2) is 0 Å². The second-order valence-electron chi connectivity index (χ2n) is 4.40. The van der Waals surface area contributed by atoms with Crippen LogP contribution in [-0.2, 0) is 4.74 Å². The number of piperazine rings is 1. The van der Waals surface area contributed by atoms with E-state index < -0.39 is 0 Å². The fourth-order valence-electron chi connectivity index (χ4n) is 2.22. The van der Waals surface area contributed by atoms with E-state index in [2.05, 4.69) is 10.2 Å². The van der Waals surface area contributed by atoms with Crippen LogP contribution in [0.1, 0.15) is 12.8 Å². The fourth-order valence-corrected chi connectivity index (χ4v) is 2.22. The summed E-state index contributed by atoms with van der Waals surface area (Å²) >= 11 is 0. The Bertz CT molecular complexity index is 229. The van der Waals surface area contributed by atoms with Crippen molar-refractivity contribution in [1.29, 1.82) is 0 Å². The number of carbonyl (C=O) groups excluding carboxylic acids is 1. The molecular formula is C11H21N3O2. The maximum atomic E-state index is 11.4. The molecule has 0 saturated carbocycles. The Hall–Kier alpha value is -0.810. The van der Waals surface area contributed by atoms with Crippen LogP contribution in [0.2, 0.25) is 0 Å². The SMILES string of the molecule is O=C1OCCCN1CCCN1CCNCC1. The molecule has 0 aliphatic carbocycles. The van der Waals surface area contributed by atoms with Crippen LogP contribution in [-0.4, -0.2) is 68.3 Å². The van der Waals surface area contributed by atoms with Gasteiger partial charge >= 0.3 is 6.09 Å². The van der Waals surface area contributed by atoms with E-state index in [1.165, 1.54) is 0 Å². The number of nitrogens with one attached hydrogen (secondary N) is 1. The molecule has 5 heteroatoms. The minimum Gasteiger partial charge on any atom is -0.449 e. The van der Waals surface area contributed by atoms with Gasteiger partial charge in [-0.3, -0.25) is 0 Å². The van der Waals surface area contributed by atoms with Gasteiger partial charge in [0, 0.05) is 39.3 Å². The maximum Gasteiger partial charge on any atom is 0.409 e. The molecule has 2 fully saturated rings. The summed E-state index contributed by atoms with van der Waals surface area (Å²) in [7, 11) is 0. The highest BCUT2D eigenvalue weighted by molar-refractivity contribution is 5.68.